The monoisotopic (exact) mass is 179 g/mol. The van der Waals surface area contributed by atoms with Crippen molar-refractivity contribution in [2.45, 2.75) is 20.8 Å². The third-order valence-electron chi connectivity index (χ3n) is 2.07. The molecule has 0 aromatic rings. The standard InChI is InChI=1S/C10H13NO2/c1-7-4-5-11(9(3)13)6-10(7)8(2)12/h4-7H,1-3H3. The molecule has 3 heteroatoms. The van der Waals surface area contributed by atoms with Gasteiger partial charge in [0.25, 0.3) is 0 Å². The van der Waals surface area contributed by atoms with E-state index in [-0.39, 0.29) is 17.6 Å². The van der Waals surface area contributed by atoms with Gasteiger partial charge in [0.15, 0.2) is 5.78 Å². The lowest BCUT2D eigenvalue weighted by Crippen LogP contribution is -2.23. The number of rotatable bonds is 1. The van der Waals surface area contributed by atoms with Gasteiger partial charge in [-0.05, 0) is 6.92 Å². The Labute approximate surface area is 77.7 Å². The van der Waals surface area contributed by atoms with Crippen molar-refractivity contribution < 1.29 is 9.59 Å². The summed E-state index contributed by atoms with van der Waals surface area (Å²) < 4.78 is 0. The Hall–Kier alpha value is -1.38. The largest absolute Gasteiger partial charge is 0.295 e. The van der Waals surface area contributed by atoms with Crippen LogP contribution in [0.3, 0.4) is 0 Å². The molecule has 70 valence electrons. The van der Waals surface area contributed by atoms with Crippen LogP contribution in [0.4, 0.5) is 0 Å². The highest BCUT2D eigenvalue weighted by Gasteiger charge is 2.17. The van der Waals surface area contributed by atoms with Gasteiger partial charge in [-0.1, -0.05) is 13.0 Å². The number of allylic oxidation sites excluding steroid dienone is 2. The average Bonchev–Trinajstić information content (AvgIpc) is 2.04. The molecule has 0 saturated heterocycles. The van der Waals surface area contributed by atoms with Crippen LogP contribution in [0, 0.1) is 5.92 Å². The van der Waals surface area contributed by atoms with E-state index in [0.29, 0.717) is 5.57 Å². The Bertz CT molecular complexity index is 302. The minimum absolute atomic E-state index is 0.0168. The van der Waals surface area contributed by atoms with Crippen LogP contribution in [0.2, 0.25) is 0 Å². The third kappa shape index (κ3) is 2.05. The summed E-state index contributed by atoms with van der Waals surface area (Å²) in [7, 11) is 0. The van der Waals surface area contributed by atoms with E-state index in [1.165, 1.54) is 18.7 Å². The lowest BCUT2D eigenvalue weighted by Gasteiger charge is -2.21. The molecule has 0 aliphatic carbocycles. The van der Waals surface area contributed by atoms with E-state index in [4.69, 9.17) is 0 Å². The van der Waals surface area contributed by atoms with Gasteiger partial charge in [0.05, 0.1) is 0 Å². The minimum atomic E-state index is -0.0816. The van der Waals surface area contributed by atoms with Gasteiger partial charge in [0.1, 0.15) is 0 Å². The summed E-state index contributed by atoms with van der Waals surface area (Å²) in [6.07, 6.45) is 5.15. The summed E-state index contributed by atoms with van der Waals surface area (Å²) in [5.74, 6) is 0.0399. The second-order valence-electron chi connectivity index (χ2n) is 3.20. The molecule has 1 unspecified atom stereocenters. The van der Waals surface area contributed by atoms with Gasteiger partial charge in [-0.2, -0.15) is 0 Å². The first-order valence-electron chi connectivity index (χ1n) is 4.22. The number of Topliss-reactive ketones (excluding diaryl/α,β-unsaturated/α-hetero) is 1. The molecular formula is C10H13NO2. The molecule has 13 heavy (non-hydrogen) atoms. The van der Waals surface area contributed by atoms with Crippen molar-refractivity contribution in [1.82, 2.24) is 4.90 Å². The van der Waals surface area contributed by atoms with Crippen LogP contribution < -0.4 is 0 Å². The van der Waals surface area contributed by atoms with Crippen LogP contribution in [0.1, 0.15) is 20.8 Å². The summed E-state index contributed by atoms with van der Waals surface area (Å²) in [4.78, 5) is 23.6. The highest BCUT2D eigenvalue weighted by molar-refractivity contribution is 5.95. The van der Waals surface area contributed by atoms with Gasteiger partial charge in [0, 0.05) is 30.8 Å². The molecule has 0 saturated carbocycles. The maximum absolute atomic E-state index is 11.1. The van der Waals surface area contributed by atoms with Crippen molar-refractivity contribution in [2.24, 2.45) is 5.92 Å². The molecule has 0 spiro atoms. The number of amides is 1. The fourth-order valence-corrected chi connectivity index (χ4v) is 1.24. The number of carbonyl (C=O) groups is 2. The Balaban J connectivity index is 2.93. The molecular weight excluding hydrogens is 166 g/mol. The zero-order valence-electron chi connectivity index (χ0n) is 8.07. The molecule has 1 amide bonds. The van der Waals surface area contributed by atoms with Gasteiger partial charge < -0.3 is 0 Å². The van der Waals surface area contributed by atoms with Crippen molar-refractivity contribution in [2.75, 3.05) is 0 Å². The van der Waals surface area contributed by atoms with E-state index >= 15 is 0 Å². The van der Waals surface area contributed by atoms with Crippen molar-refractivity contribution in [3.05, 3.63) is 24.0 Å². The Morgan fingerprint density at radius 2 is 2.00 bits per heavy atom. The van der Waals surface area contributed by atoms with Gasteiger partial charge in [-0.15, -0.1) is 0 Å². The van der Waals surface area contributed by atoms with Crippen LogP contribution in [0.25, 0.3) is 0 Å². The maximum atomic E-state index is 11.1. The van der Waals surface area contributed by atoms with E-state index in [9.17, 15) is 9.59 Å². The first kappa shape index (κ1) is 9.71. The fraction of sp³-hybridized carbons (Fsp3) is 0.400. The second kappa shape index (κ2) is 3.56. The number of hydrogen-bond acceptors (Lipinski definition) is 2. The van der Waals surface area contributed by atoms with Gasteiger partial charge in [-0.25, -0.2) is 0 Å². The Morgan fingerprint density at radius 1 is 1.38 bits per heavy atom. The lowest BCUT2D eigenvalue weighted by atomic mass is 9.97. The van der Waals surface area contributed by atoms with Gasteiger partial charge in [0.2, 0.25) is 5.91 Å². The van der Waals surface area contributed by atoms with E-state index in [0.717, 1.165) is 0 Å². The molecule has 0 aromatic carbocycles. The molecule has 1 heterocycles. The maximum Gasteiger partial charge on any atom is 0.227 e. The van der Waals surface area contributed by atoms with Crippen LogP contribution in [-0.2, 0) is 9.59 Å². The number of carbonyl (C=O) groups excluding carboxylic acids is 2. The molecule has 0 fully saturated rings. The molecule has 0 bridgehead atoms. The zero-order chi connectivity index (χ0) is 10.0. The topological polar surface area (TPSA) is 37.4 Å². The second-order valence-corrected chi connectivity index (χ2v) is 3.20. The Kier molecular flexibility index (Phi) is 2.66. The summed E-state index contributed by atoms with van der Waals surface area (Å²) in [6, 6.07) is 0. The molecule has 1 aliphatic heterocycles. The summed E-state index contributed by atoms with van der Waals surface area (Å²) in [5.41, 5.74) is 0.678. The molecule has 0 radical (unpaired) electrons. The molecule has 0 N–H and O–H groups in total. The first-order chi connectivity index (χ1) is 6.02. The highest BCUT2D eigenvalue weighted by atomic mass is 16.2. The third-order valence-corrected chi connectivity index (χ3v) is 2.07. The van der Waals surface area contributed by atoms with Crippen LogP contribution in [-0.4, -0.2) is 16.6 Å². The van der Waals surface area contributed by atoms with Crippen LogP contribution in [0.5, 0.6) is 0 Å². The molecule has 1 atom stereocenters. The minimum Gasteiger partial charge on any atom is -0.295 e. The van der Waals surface area contributed by atoms with E-state index in [2.05, 4.69) is 0 Å². The number of nitrogens with zero attached hydrogens (tertiary/aromatic N) is 1. The normalized spacial score (nSPS) is 21.3. The first-order valence-corrected chi connectivity index (χ1v) is 4.22. The Morgan fingerprint density at radius 3 is 2.46 bits per heavy atom. The van der Waals surface area contributed by atoms with Gasteiger partial charge in [-0.3, -0.25) is 14.5 Å². The fourth-order valence-electron chi connectivity index (χ4n) is 1.24. The smallest absolute Gasteiger partial charge is 0.227 e. The van der Waals surface area contributed by atoms with Crippen LogP contribution in [0.15, 0.2) is 24.0 Å². The van der Waals surface area contributed by atoms with Gasteiger partial charge >= 0.3 is 0 Å². The molecule has 1 aliphatic rings. The quantitative estimate of drug-likeness (QED) is 0.611. The summed E-state index contributed by atoms with van der Waals surface area (Å²) in [6.45, 7) is 4.91. The molecule has 0 aromatic heterocycles. The van der Waals surface area contributed by atoms with E-state index in [1.54, 1.807) is 12.4 Å². The SMILES string of the molecule is CC(=O)C1=CN(C(C)=O)C=CC1C. The number of ketones is 1. The zero-order valence-corrected chi connectivity index (χ0v) is 8.07. The van der Waals surface area contributed by atoms with Crippen molar-refractivity contribution in [3.8, 4) is 0 Å². The average molecular weight is 179 g/mol. The predicted molar refractivity (Wildman–Crippen MR) is 49.6 cm³/mol. The van der Waals surface area contributed by atoms with Crippen molar-refractivity contribution in [3.63, 3.8) is 0 Å². The molecule has 1 rings (SSSR count). The lowest BCUT2D eigenvalue weighted by molar-refractivity contribution is -0.124. The van der Waals surface area contributed by atoms with Crippen molar-refractivity contribution >= 4 is 11.7 Å². The predicted octanol–water partition coefficient (Wildman–Crippen LogP) is 1.47. The highest BCUT2D eigenvalue weighted by Crippen LogP contribution is 2.19. The summed E-state index contributed by atoms with van der Waals surface area (Å²) >= 11 is 0. The van der Waals surface area contributed by atoms with E-state index < -0.39 is 0 Å². The van der Waals surface area contributed by atoms with E-state index in [1.807, 2.05) is 13.0 Å². The van der Waals surface area contributed by atoms with Crippen LogP contribution >= 0.6 is 0 Å². The number of hydrogen-bond donors (Lipinski definition) is 0. The van der Waals surface area contributed by atoms with Crippen molar-refractivity contribution in [1.29, 1.82) is 0 Å². The summed E-state index contributed by atoms with van der Waals surface area (Å²) in [5, 5.41) is 0. The molecule has 3 nitrogen and oxygen atoms in total.